The van der Waals surface area contributed by atoms with Crippen molar-refractivity contribution in [1.82, 2.24) is 10.2 Å². The molecule has 0 heterocycles. The van der Waals surface area contributed by atoms with Gasteiger partial charge in [0.05, 0.1) is 10.6 Å². The van der Waals surface area contributed by atoms with E-state index < -0.39 is 34.3 Å². The molecule has 0 fully saturated rings. The molecule has 0 radical (unpaired) electrons. The molecule has 1 N–H and O–H groups in total. The topological polar surface area (TPSA) is 86.8 Å². The highest BCUT2D eigenvalue weighted by Crippen LogP contribution is 2.26. The number of hydrogen-bond donors (Lipinski definition) is 1. The Labute approximate surface area is 234 Å². The lowest BCUT2D eigenvalue weighted by atomic mass is 10.1. The molecular weight excluding hydrogens is 541 g/mol. The number of halogens is 2. The summed E-state index contributed by atoms with van der Waals surface area (Å²) in [7, 11) is -4.19. The Balaban J connectivity index is 2.06. The summed E-state index contributed by atoms with van der Waals surface area (Å²) in [5, 5.41) is 3.22. The van der Waals surface area contributed by atoms with Gasteiger partial charge < -0.3 is 10.2 Å². The van der Waals surface area contributed by atoms with Crippen LogP contribution < -0.4 is 9.62 Å². The van der Waals surface area contributed by atoms with Crippen molar-refractivity contribution in [2.24, 2.45) is 0 Å². The highest BCUT2D eigenvalue weighted by Gasteiger charge is 2.33. The molecule has 0 saturated carbocycles. The minimum absolute atomic E-state index is 0.00815. The number of amides is 2. The zero-order chi connectivity index (χ0) is 28.7. The van der Waals surface area contributed by atoms with Crippen LogP contribution >= 0.6 is 11.6 Å². The number of hydrogen-bond acceptors (Lipinski definition) is 4. The fourth-order valence-corrected chi connectivity index (χ4v) is 5.66. The van der Waals surface area contributed by atoms with Gasteiger partial charge in [-0.1, -0.05) is 42.8 Å². The van der Waals surface area contributed by atoms with Crippen LogP contribution in [0, 0.1) is 12.7 Å². The standard InChI is InChI=1S/C29H33ClFN3O4S/c1-5-27(29(36)32-20(2)3)33(18-22-9-13-24(31)14-10-22)28(35)19-34(25-8-6-7-21(4)17-25)39(37,38)26-15-11-23(30)12-16-26/h6-17,20,27H,5,18-19H2,1-4H3,(H,32,36)/t27-/m0/s1. The maximum absolute atomic E-state index is 14.0. The van der Waals surface area contributed by atoms with E-state index in [4.69, 9.17) is 11.6 Å². The van der Waals surface area contributed by atoms with Gasteiger partial charge in [-0.15, -0.1) is 0 Å². The van der Waals surface area contributed by atoms with Crippen molar-refractivity contribution in [3.8, 4) is 0 Å². The SMILES string of the molecule is CC[C@@H](C(=O)NC(C)C)N(Cc1ccc(F)cc1)C(=O)CN(c1cccc(C)c1)S(=O)(=O)c1ccc(Cl)cc1. The molecule has 3 rings (SSSR count). The van der Waals surface area contributed by atoms with Crippen molar-refractivity contribution in [2.45, 2.75) is 57.6 Å². The van der Waals surface area contributed by atoms with Gasteiger partial charge in [-0.2, -0.15) is 0 Å². The first-order chi connectivity index (χ1) is 18.4. The second kappa shape index (κ2) is 13.1. The Morgan fingerprint density at radius 2 is 1.64 bits per heavy atom. The Morgan fingerprint density at radius 1 is 1.00 bits per heavy atom. The van der Waals surface area contributed by atoms with E-state index in [1.54, 1.807) is 25.1 Å². The van der Waals surface area contributed by atoms with Crippen molar-refractivity contribution in [2.75, 3.05) is 10.8 Å². The Bertz CT molecular complexity index is 1400. The fraction of sp³-hybridized carbons (Fsp3) is 0.310. The van der Waals surface area contributed by atoms with Gasteiger partial charge >= 0.3 is 0 Å². The van der Waals surface area contributed by atoms with Gasteiger partial charge in [0.2, 0.25) is 11.8 Å². The van der Waals surface area contributed by atoms with E-state index in [0.717, 1.165) is 9.87 Å². The predicted molar refractivity (Wildman–Crippen MR) is 151 cm³/mol. The first-order valence-electron chi connectivity index (χ1n) is 12.6. The van der Waals surface area contributed by atoms with E-state index in [-0.39, 0.29) is 23.4 Å². The van der Waals surface area contributed by atoms with E-state index in [2.05, 4.69) is 5.32 Å². The zero-order valence-electron chi connectivity index (χ0n) is 22.4. The summed E-state index contributed by atoms with van der Waals surface area (Å²) >= 11 is 5.98. The maximum Gasteiger partial charge on any atom is 0.264 e. The van der Waals surface area contributed by atoms with E-state index in [9.17, 15) is 22.4 Å². The minimum Gasteiger partial charge on any atom is -0.352 e. The number of benzene rings is 3. The third kappa shape index (κ3) is 7.80. The highest BCUT2D eigenvalue weighted by molar-refractivity contribution is 7.92. The van der Waals surface area contributed by atoms with Crippen molar-refractivity contribution in [1.29, 1.82) is 0 Å². The molecule has 7 nitrogen and oxygen atoms in total. The lowest BCUT2D eigenvalue weighted by molar-refractivity contribution is -0.140. The van der Waals surface area contributed by atoms with Crippen LogP contribution in [0.1, 0.15) is 38.3 Å². The van der Waals surface area contributed by atoms with Crippen LogP contribution in [0.2, 0.25) is 5.02 Å². The molecule has 2 amide bonds. The second-order valence-electron chi connectivity index (χ2n) is 9.54. The molecule has 0 unspecified atom stereocenters. The molecule has 0 bridgehead atoms. The maximum atomic E-state index is 14.0. The predicted octanol–water partition coefficient (Wildman–Crippen LogP) is 5.31. The second-order valence-corrected chi connectivity index (χ2v) is 11.8. The zero-order valence-corrected chi connectivity index (χ0v) is 24.0. The molecule has 39 heavy (non-hydrogen) atoms. The number of rotatable bonds is 11. The Hall–Kier alpha value is -3.43. The van der Waals surface area contributed by atoms with Crippen LogP contribution in [0.5, 0.6) is 0 Å². The van der Waals surface area contributed by atoms with E-state index in [1.807, 2.05) is 26.8 Å². The first kappa shape index (κ1) is 30.1. The average molecular weight is 574 g/mol. The van der Waals surface area contributed by atoms with Crippen LogP contribution in [0.25, 0.3) is 0 Å². The molecule has 1 atom stereocenters. The first-order valence-corrected chi connectivity index (χ1v) is 14.4. The molecule has 3 aromatic carbocycles. The van der Waals surface area contributed by atoms with Crippen LogP contribution in [0.15, 0.2) is 77.7 Å². The third-order valence-electron chi connectivity index (χ3n) is 6.05. The van der Waals surface area contributed by atoms with Crippen molar-refractivity contribution < 1.29 is 22.4 Å². The summed E-state index contributed by atoms with van der Waals surface area (Å²) in [5.74, 6) is -1.37. The summed E-state index contributed by atoms with van der Waals surface area (Å²) < 4.78 is 42.2. The normalized spacial score (nSPS) is 12.2. The summed E-state index contributed by atoms with van der Waals surface area (Å²) in [4.78, 5) is 28.4. The average Bonchev–Trinajstić information content (AvgIpc) is 2.88. The number of carbonyl (C=O) groups is 2. The van der Waals surface area contributed by atoms with Gasteiger partial charge in [0.25, 0.3) is 10.0 Å². The number of carbonyl (C=O) groups excluding carboxylic acids is 2. The van der Waals surface area contributed by atoms with Gasteiger partial charge in [0.15, 0.2) is 0 Å². The highest BCUT2D eigenvalue weighted by atomic mass is 35.5. The van der Waals surface area contributed by atoms with Crippen molar-refractivity contribution >= 4 is 39.1 Å². The molecule has 0 aliphatic heterocycles. The van der Waals surface area contributed by atoms with E-state index in [0.29, 0.717) is 22.7 Å². The molecule has 0 aliphatic carbocycles. The number of nitrogens with one attached hydrogen (secondary N) is 1. The van der Waals surface area contributed by atoms with Gasteiger partial charge in [-0.05, 0) is 86.8 Å². The monoisotopic (exact) mass is 573 g/mol. The molecule has 0 aromatic heterocycles. The number of sulfonamides is 1. The largest absolute Gasteiger partial charge is 0.352 e. The number of aryl methyl sites for hydroxylation is 1. The molecule has 0 spiro atoms. The molecular formula is C29H33ClFN3O4S. The van der Waals surface area contributed by atoms with E-state index >= 15 is 0 Å². The minimum atomic E-state index is -4.19. The van der Waals surface area contributed by atoms with Crippen molar-refractivity contribution in [3.05, 3.63) is 94.8 Å². The Kier molecular flexibility index (Phi) is 10.1. The van der Waals surface area contributed by atoms with Crippen molar-refractivity contribution in [3.63, 3.8) is 0 Å². The summed E-state index contributed by atoms with van der Waals surface area (Å²) in [6.07, 6.45) is 0.292. The number of anilines is 1. The lowest BCUT2D eigenvalue weighted by Crippen LogP contribution is -2.53. The lowest BCUT2D eigenvalue weighted by Gasteiger charge is -2.33. The fourth-order valence-electron chi connectivity index (χ4n) is 4.13. The van der Waals surface area contributed by atoms with Crippen LogP contribution in [-0.4, -0.2) is 43.8 Å². The molecule has 0 aliphatic rings. The van der Waals surface area contributed by atoms with Crippen LogP contribution in [0.4, 0.5) is 10.1 Å². The molecule has 3 aromatic rings. The van der Waals surface area contributed by atoms with Gasteiger partial charge in [0, 0.05) is 17.6 Å². The molecule has 208 valence electrons. The van der Waals surface area contributed by atoms with Gasteiger partial charge in [-0.3, -0.25) is 13.9 Å². The van der Waals surface area contributed by atoms with Gasteiger partial charge in [0.1, 0.15) is 18.4 Å². The Morgan fingerprint density at radius 3 is 2.21 bits per heavy atom. The van der Waals surface area contributed by atoms with E-state index in [1.165, 1.54) is 53.4 Å². The summed E-state index contributed by atoms with van der Waals surface area (Å²) in [6.45, 7) is 6.66. The number of nitrogens with zero attached hydrogens (tertiary/aromatic N) is 2. The summed E-state index contributed by atoms with van der Waals surface area (Å²) in [5.41, 5.74) is 1.71. The molecule has 10 heteroatoms. The van der Waals surface area contributed by atoms with Gasteiger partial charge in [-0.25, -0.2) is 12.8 Å². The van der Waals surface area contributed by atoms with Crippen LogP contribution in [0.3, 0.4) is 0 Å². The molecule has 0 saturated heterocycles. The third-order valence-corrected chi connectivity index (χ3v) is 8.09. The quantitative estimate of drug-likeness (QED) is 0.337. The smallest absolute Gasteiger partial charge is 0.264 e. The van der Waals surface area contributed by atoms with Crippen LogP contribution in [-0.2, 0) is 26.2 Å². The summed E-state index contributed by atoms with van der Waals surface area (Å²) in [6, 6.07) is 17.1.